The average Bonchev–Trinajstić information content (AvgIpc) is 2.90. The largest absolute Gasteiger partial charge is 0.497 e. The number of rotatable bonds is 4. The lowest BCUT2D eigenvalue weighted by molar-refractivity contribution is -0.137. The van der Waals surface area contributed by atoms with Gasteiger partial charge in [0.25, 0.3) is 0 Å². The second kappa shape index (κ2) is 8.23. The zero-order valence-electron chi connectivity index (χ0n) is 15.4. The van der Waals surface area contributed by atoms with E-state index in [2.05, 4.69) is 0 Å². The van der Waals surface area contributed by atoms with Crippen molar-refractivity contribution >= 4 is 17.3 Å². The summed E-state index contributed by atoms with van der Waals surface area (Å²) in [7, 11) is 1.56. The number of carbonyl (C=O) groups excluding carboxylic acids is 1. The Balaban J connectivity index is 2.26. The van der Waals surface area contributed by atoms with E-state index in [9.17, 15) is 14.9 Å². The van der Waals surface area contributed by atoms with Crippen molar-refractivity contribution < 1.29 is 19.0 Å². The van der Waals surface area contributed by atoms with E-state index in [4.69, 9.17) is 14.2 Å². The molecule has 0 saturated heterocycles. The lowest BCUT2D eigenvalue weighted by Gasteiger charge is -2.19. The lowest BCUT2D eigenvalue weighted by atomic mass is 9.96. The van der Waals surface area contributed by atoms with Crippen LogP contribution in [0.4, 0.5) is 0 Å². The van der Waals surface area contributed by atoms with Crippen LogP contribution < -0.4 is 14.9 Å². The van der Waals surface area contributed by atoms with Gasteiger partial charge in [0.05, 0.1) is 13.7 Å². The molecule has 0 saturated carbocycles. The Morgan fingerprint density at radius 3 is 2.50 bits per heavy atom. The van der Waals surface area contributed by atoms with E-state index in [1.54, 1.807) is 62.6 Å². The zero-order chi connectivity index (χ0) is 20.1. The molecular formula is C22H17NO5. The maximum atomic E-state index is 12.5. The molecular weight excluding hydrogens is 358 g/mol. The molecule has 0 aromatic heterocycles. The number of methoxy groups -OCH3 is 1. The van der Waals surface area contributed by atoms with Gasteiger partial charge in [0.15, 0.2) is 5.75 Å². The van der Waals surface area contributed by atoms with Gasteiger partial charge in [-0.2, -0.15) is 5.26 Å². The van der Waals surface area contributed by atoms with Crippen LogP contribution in [0.2, 0.25) is 0 Å². The Morgan fingerprint density at radius 1 is 1.14 bits per heavy atom. The van der Waals surface area contributed by atoms with E-state index in [1.807, 2.05) is 6.07 Å². The number of hydrogen-bond acceptors (Lipinski definition) is 6. The molecule has 1 aliphatic rings. The summed E-state index contributed by atoms with van der Waals surface area (Å²) in [6, 6.07) is 15.1. The smallest absolute Gasteiger partial charge is 0.349 e. The molecule has 0 bridgehead atoms. The van der Waals surface area contributed by atoms with Crippen LogP contribution in [0.15, 0.2) is 65.0 Å². The highest BCUT2D eigenvalue weighted by Gasteiger charge is 2.25. The fourth-order valence-corrected chi connectivity index (χ4v) is 2.77. The highest BCUT2D eigenvalue weighted by atomic mass is 16.5. The first-order valence-electron chi connectivity index (χ1n) is 8.58. The SMILES string of the molecule is CCOC(=O)/C(C#N)=C1\C=C(c2ccc(OC)cc2)Oc2c1ccccc2=O. The third-order valence-corrected chi connectivity index (χ3v) is 4.10. The molecule has 6 heteroatoms. The normalized spacial score (nSPS) is 14.0. The van der Waals surface area contributed by atoms with Crippen molar-refractivity contribution in [3.05, 3.63) is 81.5 Å². The number of benzene rings is 1. The van der Waals surface area contributed by atoms with Crippen LogP contribution in [-0.4, -0.2) is 19.7 Å². The number of ether oxygens (including phenoxy) is 3. The van der Waals surface area contributed by atoms with Crippen molar-refractivity contribution in [2.75, 3.05) is 13.7 Å². The van der Waals surface area contributed by atoms with E-state index in [0.717, 1.165) is 0 Å². The monoisotopic (exact) mass is 375 g/mol. The number of esters is 1. The first-order chi connectivity index (χ1) is 13.6. The molecule has 6 nitrogen and oxygen atoms in total. The van der Waals surface area contributed by atoms with Gasteiger partial charge in [0.1, 0.15) is 23.2 Å². The number of fused-ring (bicyclic) bond motifs is 1. The zero-order valence-corrected chi connectivity index (χ0v) is 15.4. The van der Waals surface area contributed by atoms with Crippen molar-refractivity contribution in [3.63, 3.8) is 0 Å². The van der Waals surface area contributed by atoms with E-state index in [1.165, 1.54) is 6.07 Å². The molecule has 140 valence electrons. The van der Waals surface area contributed by atoms with E-state index >= 15 is 0 Å². The summed E-state index contributed by atoms with van der Waals surface area (Å²) in [6.45, 7) is 1.79. The number of nitriles is 1. The van der Waals surface area contributed by atoms with Crippen molar-refractivity contribution in [1.29, 1.82) is 5.26 Å². The Bertz CT molecular complexity index is 1080. The predicted octanol–water partition coefficient (Wildman–Crippen LogP) is 3.33. The quantitative estimate of drug-likeness (QED) is 0.463. The minimum absolute atomic E-state index is 0.0466. The predicted molar refractivity (Wildman–Crippen MR) is 103 cm³/mol. The van der Waals surface area contributed by atoms with Crippen LogP contribution >= 0.6 is 0 Å². The molecule has 0 atom stereocenters. The topological polar surface area (TPSA) is 85.6 Å². The molecule has 3 rings (SSSR count). The van der Waals surface area contributed by atoms with Crippen LogP contribution in [0.5, 0.6) is 11.5 Å². The van der Waals surface area contributed by atoms with Crippen LogP contribution in [0.3, 0.4) is 0 Å². The third kappa shape index (κ3) is 3.64. The standard InChI is InChI=1S/C22H17NO5/c1-3-27-22(25)18(13-23)17-12-20(14-8-10-15(26-2)11-9-14)28-21-16(17)6-4-5-7-19(21)24/h4-12H,3H2,1-2H3/b18-17+. The van der Waals surface area contributed by atoms with Gasteiger partial charge in [0.2, 0.25) is 5.43 Å². The van der Waals surface area contributed by atoms with Gasteiger partial charge in [-0.1, -0.05) is 18.2 Å². The first kappa shape index (κ1) is 18.9. The van der Waals surface area contributed by atoms with Gasteiger partial charge in [-0.25, -0.2) is 4.79 Å². The van der Waals surface area contributed by atoms with Crippen molar-refractivity contribution in [1.82, 2.24) is 0 Å². The van der Waals surface area contributed by atoms with Gasteiger partial charge in [-0.05, 0) is 43.3 Å². The number of carbonyl (C=O) groups is 1. The fourth-order valence-electron chi connectivity index (χ4n) is 2.77. The van der Waals surface area contributed by atoms with Gasteiger partial charge < -0.3 is 14.2 Å². The van der Waals surface area contributed by atoms with Gasteiger partial charge >= 0.3 is 5.97 Å². The summed E-state index contributed by atoms with van der Waals surface area (Å²) < 4.78 is 16.0. The maximum Gasteiger partial charge on any atom is 0.349 e. The Hall–Kier alpha value is -3.85. The average molecular weight is 375 g/mol. The van der Waals surface area contributed by atoms with Crippen LogP contribution in [0.1, 0.15) is 18.1 Å². The summed E-state index contributed by atoms with van der Waals surface area (Å²) in [5.41, 5.74) is 0.745. The summed E-state index contributed by atoms with van der Waals surface area (Å²) in [6.07, 6.45) is 1.57. The van der Waals surface area contributed by atoms with Gasteiger partial charge in [-0.3, -0.25) is 4.79 Å². The van der Waals surface area contributed by atoms with Gasteiger partial charge in [-0.15, -0.1) is 0 Å². The molecule has 0 N–H and O–H groups in total. The van der Waals surface area contributed by atoms with Crippen LogP contribution in [0, 0.1) is 11.3 Å². The molecule has 0 radical (unpaired) electrons. The summed E-state index contributed by atoms with van der Waals surface area (Å²) >= 11 is 0. The molecule has 28 heavy (non-hydrogen) atoms. The minimum Gasteiger partial charge on any atom is -0.497 e. The molecule has 2 aromatic rings. The molecule has 0 unspecified atom stereocenters. The Labute approximate surface area is 161 Å². The molecule has 0 aliphatic carbocycles. The summed E-state index contributed by atoms with van der Waals surface area (Å²) in [5.74, 6) is 0.296. The second-order valence-electron chi connectivity index (χ2n) is 5.79. The van der Waals surface area contributed by atoms with Crippen LogP contribution in [0.25, 0.3) is 11.3 Å². The van der Waals surface area contributed by atoms with Crippen molar-refractivity contribution in [3.8, 4) is 17.6 Å². The highest BCUT2D eigenvalue weighted by Crippen LogP contribution is 2.36. The molecule has 0 spiro atoms. The van der Waals surface area contributed by atoms with Crippen molar-refractivity contribution in [2.45, 2.75) is 6.92 Å². The molecule has 1 heterocycles. The summed E-state index contributed by atoms with van der Waals surface area (Å²) in [5, 5.41) is 9.58. The minimum atomic E-state index is -0.753. The highest BCUT2D eigenvalue weighted by molar-refractivity contribution is 6.06. The van der Waals surface area contributed by atoms with E-state index in [-0.39, 0.29) is 28.9 Å². The maximum absolute atomic E-state index is 12.5. The fraction of sp³-hybridized carbons (Fsp3) is 0.136. The molecule has 2 aromatic carbocycles. The number of nitrogens with zero attached hydrogens (tertiary/aromatic N) is 1. The second-order valence-corrected chi connectivity index (χ2v) is 5.79. The Kier molecular flexibility index (Phi) is 5.56. The van der Waals surface area contributed by atoms with Crippen molar-refractivity contribution in [2.24, 2.45) is 0 Å². The molecule has 0 amide bonds. The number of hydrogen-bond donors (Lipinski definition) is 0. The number of allylic oxidation sites excluding steroid dienone is 2. The van der Waals surface area contributed by atoms with E-state index in [0.29, 0.717) is 22.6 Å². The molecule has 1 aliphatic heterocycles. The first-order valence-corrected chi connectivity index (χ1v) is 8.58. The van der Waals surface area contributed by atoms with Gasteiger partial charge in [0, 0.05) is 16.7 Å². The van der Waals surface area contributed by atoms with E-state index < -0.39 is 5.97 Å². The van der Waals surface area contributed by atoms with Crippen LogP contribution in [-0.2, 0) is 9.53 Å². The summed E-state index contributed by atoms with van der Waals surface area (Å²) in [4.78, 5) is 24.8. The molecule has 0 fully saturated rings. The Morgan fingerprint density at radius 2 is 1.86 bits per heavy atom. The lowest BCUT2D eigenvalue weighted by Crippen LogP contribution is -2.14. The third-order valence-electron chi connectivity index (χ3n) is 4.10.